The highest BCUT2D eigenvalue weighted by Gasteiger charge is 2.45. The first-order chi connectivity index (χ1) is 8.30. The molecule has 1 fully saturated rings. The summed E-state index contributed by atoms with van der Waals surface area (Å²) >= 11 is 0. The number of sulfone groups is 1. The lowest BCUT2D eigenvalue weighted by molar-refractivity contribution is 0.388. The number of hydrogen-bond acceptors (Lipinski definition) is 4. The molecule has 102 valence electrons. The minimum Gasteiger partial charge on any atom is -0.465 e. The third-order valence-corrected chi connectivity index (χ3v) is 4.63. The van der Waals surface area contributed by atoms with Crippen LogP contribution in [0.15, 0.2) is 16.5 Å². The van der Waals surface area contributed by atoms with Gasteiger partial charge in [0.25, 0.3) is 0 Å². The highest BCUT2D eigenvalue weighted by Crippen LogP contribution is 2.46. The van der Waals surface area contributed by atoms with Crippen LogP contribution < -0.4 is 5.32 Å². The maximum Gasteiger partial charge on any atom is 0.148 e. The molecule has 0 amide bonds. The first-order valence-electron chi connectivity index (χ1n) is 6.27. The second kappa shape index (κ2) is 4.70. The lowest BCUT2D eigenvalue weighted by atomic mass is 10.1. The molecule has 0 bridgehead atoms. The van der Waals surface area contributed by atoms with Gasteiger partial charge in [0.2, 0.25) is 0 Å². The molecular formula is C13H21NO3S. The summed E-state index contributed by atoms with van der Waals surface area (Å²) in [5.74, 6) is 2.09. The average Bonchev–Trinajstić information content (AvgIpc) is 2.84. The summed E-state index contributed by atoms with van der Waals surface area (Å²) in [4.78, 5) is 0. The van der Waals surface area contributed by atoms with Crippen molar-refractivity contribution in [2.24, 2.45) is 5.41 Å². The van der Waals surface area contributed by atoms with E-state index in [1.54, 1.807) is 0 Å². The normalized spacial score (nSPS) is 19.7. The summed E-state index contributed by atoms with van der Waals surface area (Å²) in [6, 6.07) is 4.02. The van der Waals surface area contributed by atoms with E-state index in [0.717, 1.165) is 30.9 Å². The Morgan fingerprint density at radius 3 is 2.56 bits per heavy atom. The topological polar surface area (TPSA) is 59.3 Å². The summed E-state index contributed by atoms with van der Waals surface area (Å²) in [7, 11) is -2.89. The molecule has 18 heavy (non-hydrogen) atoms. The Balaban J connectivity index is 1.88. The van der Waals surface area contributed by atoms with E-state index in [4.69, 9.17) is 4.42 Å². The fourth-order valence-corrected chi connectivity index (χ4v) is 3.76. The lowest BCUT2D eigenvalue weighted by Crippen LogP contribution is -2.31. The van der Waals surface area contributed by atoms with Gasteiger partial charge in [-0.25, -0.2) is 8.42 Å². The molecule has 1 aliphatic rings. The van der Waals surface area contributed by atoms with E-state index in [0.29, 0.717) is 0 Å². The summed E-state index contributed by atoms with van der Waals surface area (Å²) in [6.45, 7) is 4.69. The van der Waals surface area contributed by atoms with Crippen LogP contribution in [0.2, 0.25) is 0 Å². The van der Waals surface area contributed by atoms with Gasteiger partial charge in [-0.1, -0.05) is 0 Å². The van der Waals surface area contributed by atoms with Crippen LogP contribution in [0.5, 0.6) is 0 Å². The molecule has 0 aromatic carbocycles. The third-order valence-electron chi connectivity index (χ3n) is 3.50. The van der Waals surface area contributed by atoms with E-state index in [2.05, 4.69) is 5.32 Å². The predicted molar refractivity (Wildman–Crippen MR) is 71.2 cm³/mol. The molecule has 0 aliphatic heterocycles. The van der Waals surface area contributed by atoms with Gasteiger partial charge in [0.15, 0.2) is 0 Å². The molecule has 1 saturated carbocycles. The highest BCUT2D eigenvalue weighted by atomic mass is 32.2. The van der Waals surface area contributed by atoms with Crippen molar-refractivity contribution in [3.05, 3.63) is 23.7 Å². The highest BCUT2D eigenvalue weighted by molar-refractivity contribution is 7.90. The molecule has 5 heteroatoms. The zero-order chi connectivity index (χ0) is 13.4. The Labute approximate surface area is 109 Å². The summed E-state index contributed by atoms with van der Waals surface area (Å²) in [5, 5.41) is 3.38. The van der Waals surface area contributed by atoms with Gasteiger partial charge in [0.05, 0.1) is 11.8 Å². The second-order valence-corrected chi connectivity index (χ2v) is 7.76. The summed E-state index contributed by atoms with van der Waals surface area (Å²) < 4.78 is 28.3. The standard InChI is InChI=1S/C13H21NO3S/c1-10-4-5-12(17-10)11(2)14-8-13(6-7-13)9-18(3,15)16/h4-5,11,14H,6-9H2,1-3H3/t11-/m0/s1. The van der Waals surface area contributed by atoms with Crippen LogP contribution in [0.4, 0.5) is 0 Å². The van der Waals surface area contributed by atoms with Crippen molar-refractivity contribution < 1.29 is 12.8 Å². The van der Waals surface area contributed by atoms with Gasteiger partial charge >= 0.3 is 0 Å². The predicted octanol–water partition coefficient (Wildman–Crippen LogP) is 2.06. The zero-order valence-corrected chi connectivity index (χ0v) is 12.0. The molecule has 4 nitrogen and oxygen atoms in total. The Hall–Kier alpha value is -0.810. The molecule has 0 unspecified atom stereocenters. The van der Waals surface area contributed by atoms with E-state index < -0.39 is 9.84 Å². The van der Waals surface area contributed by atoms with Crippen molar-refractivity contribution in [1.82, 2.24) is 5.32 Å². The number of nitrogens with one attached hydrogen (secondary N) is 1. The number of furan rings is 1. The van der Waals surface area contributed by atoms with Crippen molar-refractivity contribution in [3.63, 3.8) is 0 Å². The molecule has 1 aromatic rings. The largest absolute Gasteiger partial charge is 0.465 e. The van der Waals surface area contributed by atoms with E-state index in [1.165, 1.54) is 6.26 Å². The Kier molecular flexibility index (Phi) is 3.56. The first kappa shape index (κ1) is 13.6. The van der Waals surface area contributed by atoms with Crippen LogP contribution in [0, 0.1) is 12.3 Å². The van der Waals surface area contributed by atoms with Gasteiger partial charge in [-0.05, 0) is 44.2 Å². The van der Waals surface area contributed by atoms with Gasteiger partial charge in [0, 0.05) is 12.8 Å². The average molecular weight is 271 g/mol. The van der Waals surface area contributed by atoms with Crippen molar-refractivity contribution >= 4 is 9.84 Å². The van der Waals surface area contributed by atoms with E-state index in [1.807, 2.05) is 26.0 Å². The molecule has 1 aliphatic carbocycles. The van der Waals surface area contributed by atoms with Gasteiger partial charge in [-0.2, -0.15) is 0 Å². The SMILES string of the molecule is Cc1ccc([C@H](C)NCC2(CS(C)(=O)=O)CC2)o1. The zero-order valence-electron chi connectivity index (χ0n) is 11.2. The molecular weight excluding hydrogens is 250 g/mol. The van der Waals surface area contributed by atoms with Crippen LogP contribution >= 0.6 is 0 Å². The van der Waals surface area contributed by atoms with E-state index >= 15 is 0 Å². The maximum atomic E-state index is 11.4. The summed E-state index contributed by atoms with van der Waals surface area (Å²) in [6.07, 6.45) is 3.31. The lowest BCUT2D eigenvalue weighted by Gasteiger charge is -2.18. The quantitative estimate of drug-likeness (QED) is 0.860. The number of rotatable bonds is 6. The molecule has 1 aromatic heterocycles. The smallest absolute Gasteiger partial charge is 0.148 e. The van der Waals surface area contributed by atoms with Crippen LogP contribution in [0.3, 0.4) is 0 Å². The van der Waals surface area contributed by atoms with Gasteiger partial charge in [-0.15, -0.1) is 0 Å². The van der Waals surface area contributed by atoms with Crippen LogP contribution in [-0.4, -0.2) is 27.0 Å². The van der Waals surface area contributed by atoms with E-state index in [-0.39, 0.29) is 17.2 Å². The Morgan fingerprint density at radius 1 is 1.44 bits per heavy atom. The monoisotopic (exact) mass is 271 g/mol. The van der Waals surface area contributed by atoms with Gasteiger partial charge in [0.1, 0.15) is 21.4 Å². The van der Waals surface area contributed by atoms with Crippen LogP contribution in [0.1, 0.15) is 37.3 Å². The van der Waals surface area contributed by atoms with Gasteiger partial charge < -0.3 is 9.73 Å². The van der Waals surface area contributed by atoms with E-state index in [9.17, 15) is 8.42 Å². The minimum absolute atomic E-state index is 0.0382. The van der Waals surface area contributed by atoms with Crippen molar-refractivity contribution in [1.29, 1.82) is 0 Å². The van der Waals surface area contributed by atoms with Crippen LogP contribution in [0.25, 0.3) is 0 Å². The molecule has 1 N–H and O–H groups in total. The van der Waals surface area contributed by atoms with Gasteiger partial charge in [-0.3, -0.25) is 0 Å². The Morgan fingerprint density at radius 2 is 2.11 bits per heavy atom. The molecule has 2 rings (SSSR count). The second-order valence-electron chi connectivity index (χ2n) is 5.62. The molecule has 0 spiro atoms. The van der Waals surface area contributed by atoms with Crippen molar-refractivity contribution in [2.45, 2.75) is 32.7 Å². The third kappa shape index (κ3) is 3.59. The number of aryl methyl sites for hydroxylation is 1. The Bertz CT molecular complexity index is 514. The molecule has 0 radical (unpaired) electrons. The summed E-state index contributed by atoms with van der Waals surface area (Å²) in [5.41, 5.74) is -0.0382. The maximum absolute atomic E-state index is 11.4. The van der Waals surface area contributed by atoms with Crippen LogP contribution in [-0.2, 0) is 9.84 Å². The fraction of sp³-hybridized carbons (Fsp3) is 0.692. The molecule has 1 atom stereocenters. The molecule has 0 saturated heterocycles. The number of hydrogen-bond donors (Lipinski definition) is 1. The minimum atomic E-state index is -2.89. The van der Waals surface area contributed by atoms with Crippen molar-refractivity contribution in [2.75, 3.05) is 18.6 Å². The fourth-order valence-electron chi connectivity index (χ4n) is 2.26. The van der Waals surface area contributed by atoms with Crippen molar-refractivity contribution in [3.8, 4) is 0 Å². The molecule has 1 heterocycles. The first-order valence-corrected chi connectivity index (χ1v) is 8.33.